The van der Waals surface area contributed by atoms with Crippen LogP contribution in [0.5, 0.6) is 5.75 Å². The number of para-hydroxylation sites is 1. The largest absolute Gasteiger partial charge is 0.490 e. The van der Waals surface area contributed by atoms with Crippen molar-refractivity contribution in [2.45, 2.75) is 44.6 Å². The van der Waals surface area contributed by atoms with E-state index in [0.29, 0.717) is 12.5 Å². The molecule has 1 N–H and O–H groups in total. The van der Waals surface area contributed by atoms with Gasteiger partial charge in [0.25, 0.3) is 0 Å². The topological polar surface area (TPSA) is 46.5 Å². The molecule has 0 bridgehead atoms. The Morgan fingerprint density at radius 1 is 1.35 bits per heavy atom. The molecule has 1 aromatic rings. The van der Waals surface area contributed by atoms with Crippen LogP contribution in [-0.4, -0.2) is 17.2 Å². The van der Waals surface area contributed by atoms with Gasteiger partial charge in [-0.05, 0) is 43.7 Å². The van der Waals surface area contributed by atoms with E-state index in [4.69, 9.17) is 9.84 Å². The van der Waals surface area contributed by atoms with E-state index in [-0.39, 0.29) is 6.42 Å². The molecular weight excluding hydrogens is 216 g/mol. The molecule has 0 amide bonds. The molecule has 92 valence electrons. The third-order valence-electron chi connectivity index (χ3n) is 3.16. The van der Waals surface area contributed by atoms with Gasteiger partial charge in [0.2, 0.25) is 0 Å². The highest BCUT2D eigenvalue weighted by atomic mass is 16.5. The summed E-state index contributed by atoms with van der Waals surface area (Å²) in [6.07, 6.45) is 5.57. The van der Waals surface area contributed by atoms with E-state index in [2.05, 4.69) is 0 Å². The van der Waals surface area contributed by atoms with E-state index in [1.165, 1.54) is 6.42 Å². The van der Waals surface area contributed by atoms with E-state index >= 15 is 0 Å². The zero-order valence-corrected chi connectivity index (χ0v) is 9.89. The second-order valence-electron chi connectivity index (χ2n) is 4.53. The number of carbonyl (C=O) groups is 1. The molecule has 0 heterocycles. The zero-order chi connectivity index (χ0) is 12.1. The van der Waals surface area contributed by atoms with Crippen LogP contribution in [0, 0.1) is 0 Å². The quantitative estimate of drug-likeness (QED) is 0.823. The summed E-state index contributed by atoms with van der Waals surface area (Å²) < 4.78 is 5.89. The lowest BCUT2D eigenvalue weighted by molar-refractivity contribution is -0.137. The maximum atomic E-state index is 10.5. The molecule has 1 fully saturated rings. The van der Waals surface area contributed by atoms with Crippen molar-refractivity contribution >= 4 is 5.97 Å². The van der Waals surface area contributed by atoms with Crippen molar-refractivity contribution in [1.29, 1.82) is 0 Å². The average Bonchev–Trinajstić information content (AvgIpc) is 2.25. The monoisotopic (exact) mass is 234 g/mol. The third kappa shape index (κ3) is 3.48. The van der Waals surface area contributed by atoms with Gasteiger partial charge in [-0.3, -0.25) is 4.79 Å². The molecule has 1 aromatic carbocycles. The van der Waals surface area contributed by atoms with Crippen LogP contribution < -0.4 is 4.74 Å². The average molecular weight is 234 g/mol. The number of ether oxygens (including phenoxy) is 1. The predicted molar refractivity (Wildman–Crippen MR) is 65.3 cm³/mol. The molecule has 0 atom stereocenters. The van der Waals surface area contributed by atoms with E-state index < -0.39 is 5.97 Å². The summed E-state index contributed by atoms with van der Waals surface area (Å²) in [6.45, 7) is 0. The summed E-state index contributed by atoms with van der Waals surface area (Å²) in [6, 6.07) is 7.95. The maximum Gasteiger partial charge on any atom is 0.303 e. The molecule has 1 saturated carbocycles. The summed E-state index contributed by atoms with van der Waals surface area (Å²) in [7, 11) is 0. The molecular formula is C14H18O3. The highest BCUT2D eigenvalue weighted by molar-refractivity contribution is 5.66. The van der Waals surface area contributed by atoms with Gasteiger partial charge in [-0.2, -0.15) is 0 Å². The minimum absolute atomic E-state index is 0.220. The van der Waals surface area contributed by atoms with Gasteiger partial charge in [-0.15, -0.1) is 0 Å². The number of carboxylic acid groups (broad SMARTS) is 1. The summed E-state index contributed by atoms with van der Waals surface area (Å²) in [4.78, 5) is 10.5. The van der Waals surface area contributed by atoms with Crippen molar-refractivity contribution in [2.75, 3.05) is 0 Å². The molecule has 0 saturated heterocycles. The Morgan fingerprint density at radius 3 is 2.76 bits per heavy atom. The Morgan fingerprint density at radius 2 is 2.12 bits per heavy atom. The number of hydrogen-bond donors (Lipinski definition) is 1. The van der Waals surface area contributed by atoms with Gasteiger partial charge < -0.3 is 9.84 Å². The van der Waals surface area contributed by atoms with Crippen LogP contribution in [0.4, 0.5) is 0 Å². The summed E-state index contributed by atoms with van der Waals surface area (Å²) >= 11 is 0. The van der Waals surface area contributed by atoms with Gasteiger partial charge in [0.05, 0.1) is 6.10 Å². The highest BCUT2D eigenvalue weighted by Crippen LogP contribution is 2.28. The number of aliphatic carboxylic acids is 1. The van der Waals surface area contributed by atoms with Crippen LogP contribution in [0.15, 0.2) is 24.3 Å². The zero-order valence-electron chi connectivity index (χ0n) is 9.89. The molecule has 3 heteroatoms. The summed E-state index contributed by atoms with van der Waals surface area (Å²) in [5.74, 6) is 0.199. The fourth-order valence-electron chi connectivity index (χ4n) is 1.92. The first-order valence-electron chi connectivity index (χ1n) is 6.22. The lowest BCUT2D eigenvalue weighted by atomic mass is 9.96. The predicted octanol–water partition coefficient (Wildman–Crippen LogP) is 3.03. The van der Waals surface area contributed by atoms with Crippen LogP contribution in [0.1, 0.15) is 37.7 Å². The molecule has 2 rings (SSSR count). The molecule has 0 spiro atoms. The molecule has 1 aliphatic rings. The lowest BCUT2D eigenvalue weighted by Crippen LogP contribution is -2.25. The molecule has 17 heavy (non-hydrogen) atoms. The third-order valence-corrected chi connectivity index (χ3v) is 3.16. The van der Waals surface area contributed by atoms with Gasteiger partial charge in [0, 0.05) is 6.42 Å². The summed E-state index contributed by atoms with van der Waals surface area (Å²) in [5.41, 5.74) is 1.13. The molecule has 0 radical (unpaired) electrons. The van der Waals surface area contributed by atoms with Crippen LogP contribution >= 0.6 is 0 Å². The van der Waals surface area contributed by atoms with Crippen molar-refractivity contribution in [3.63, 3.8) is 0 Å². The summed E-state index contributed by atoms with van der Waals surface area (Å²) in [5, 5.41) is 8.62. The first-order valence-corrected chi connectivity index (χ1v) is 6.22. The van der Waals surface area contributed by atoms with Crippen molar-refractivity contribution in [1.82, 2.24) is 0 Å². The maximum absolute atomic E-state index is 10.5. The first-order chi connectivity index (χ1) is 8.25. The first kappa shape index (κ1) is 12.0. The van der Waals surface area contributed by atoms with Crippen LogP contribution in [0.25, 0.3) is 0 Å². The minimum Gasteiger partial charge on any atom is -0.490 e. The molecule has 1 aliphatic carbocycles. The Labute approximate surface area is 101 Å². The van der Waals surface area contributed by atoms with E-state index in [1.807, 2.05) is 24.3 Å². The van der Waals surface area contributed by atoms with Crippen molar-refractivity contribution in [2.24, 2.45) is 0 Å². The number of rotatable bonds is 6. The normalized spacial score (nSPS) is 15.3. The highest BCUT2D eigenvalue weighted by Gasteiger charge is 2.19. The van der Waals surface area contributed by atoms with E-state index in [0.717, 1.165) is 30.6 Å². The van der Waals surface area contributed by atoms with Gasteiger partial charge in [0.1, 0.15) is 5.75 Å². The Balaban J connectivity index is 1.92. The van der Waals surface area contributed by atoms with Crippen LogP contribution in [-0.2, 0) is 11.2 Å². The van der Waals surface area contributed by atoms with Crippen molar-refractivity contribution in [3.8, 4) is 5.75 Å². The van der Waals surface area contributed by atoms with E-state index in [1.54, 1.807) is 0 Å². The fraction of sp³-hybridized carbons (Fsp3) is 0.500. The second-order valence-corrected chi connectivity index (χ2v) is 4.53. The van der Waals surface area contributed by atoms with Crippen molar-refractivity contribution in [3.05, 3.63) is 29.8 Å². The minimum atomic E-state index is -0.734. The number of benzene rings is 1. The Kier molecular flexibility index (Phi) is 4.02. The van der Waals surface area contributed by atoms with Crippen molar-refractivity contribution < 1.29 is 14.6 Å². The van der Waals surface area contributed by atoms with Crippen LogP contribution in [0.3, 0.4) is 0 Å². The number of carboxylic acids is 1. The number of hydrogen-bond acceptors (Lipinski definition) is 2. The van der Waals surface area contributed by atoms with E-state index in [9.17, 15) is 4.79 Å². The smallest absolute Gasteiger partial charge is 0.303 e. The van der Waals surface area contributed by atoms with Gasteiger partial charge in [-0.1, -0.05) is 18.2 Å². The molecule has 3 nitrogen and oxygen atoms in total. The Bertz CT molecular complexity index is 383. The molecule has 0 unspecified atom stereocenters. The van der Waals surface area contributed by atoms with Gasteiger partial charge >= 0.3 is 5.97 Å². The fourth-order valence-corrected chi connectivity index (χ4v) is 1.92. The van der Waals surface area contributed by atoms with Gasteiger partial charge in [-0.25, -0.2) is 0 Å². The second kappa shape index (κ2) is 5.71. The van der Waals surface area contributed by atoms with Gasteiger partial charge in [0.15, 0.2) is 0 Å². The lowest BCUT2D eigenvalue weighted by Gasteiger charge is -2.27. The standard InChI is InChI=1S/C14H18O3/c15-14(16)10-3-6-11-5-1-2-9-13(11)17-12-7-4-8-12/h1-2,5,9,12H,3-4,6-8,10H2,(H,15,16). The molecule has 0 aliphatic heterocycles. The Hall–Kier alpha value is -1.51. The van der Waals surface area contributed by atoms with Crippen LogP contribution in [0.2, 0.25) is 0 Å². The molecule has 0 aromatic heterocycles. The SMILES string of the molecule is O=C(O)CCCc1ccccc1OC1CCC1. The number of aryl methyl sites for hydroxylation is 1.